The van der Waals surface area contributed by atoms with E-state index in [2.05, 4.69) is 0 Å². The molecule has 7 heavy (non-hydrogen) atoms. The van der Waals surface area contributed by atoms with Crippen LogP contribution in [0, 0.1) is 0 Å². The summed E-state index contributed by atoms with van der Waals surface area (Å²) >= 11 is 0. The summed E-state index contributed by atoms with van der Waals surface area (Å²) in [7, 11) is 0. The Morgan fingerprint density at radius 2 is 1.86 bits per heavy atom. The van der Waals surface area contributed by atoms with Gasteiger partial charge in [0.15, 0.2) is 0 Å². The van der Waals surface area contributed by atoms with Crippen molar-refractivity contribution in [3.05, 3.63) is 0 Å². The standard InChI is InChI=1S/C3H6O3.Ta/c1-2(4)3(5)6;/h2,4H,1H3,(H,5,6);. The van der Waals surface area contributed by atoms with Crippen molar-refractivity contribution in [2.75, 3.05) is 0 Å². The van der Waals surface area contributed by atoms with E-state index in [0.717, 1.165) is 0 Å². The van der Waals surface area contributed by atoms with E-state index >= 15 is 0 Å². The van der Waals surface area contributed by atoms with Gasteiger partial charge in [0, 0.05) is 22.4 Å². The first-order chi connectivity index (χ1) is 2.64. The van der Waals surface area contributed by atoms with E-state index in [1.165, 1.54) is 6.92 Å². The summed E-state index contributed by atoms with van der Waals surface area (Å²) in [5.74, 6) is -1.19. The van der Waals surface area contributed by atoms with Crippen molar-refractivity contribution < 1.29 is 37.4 Å². The van der Waals surface area contributed by atoms with E-state index in [4.69, 9.17) is 10.2 Å². The number of carboxylic acid groups (broad SMARTS) is 1. The molecule has 41 valence electrons. The minimum Gasteiger partial charge on any atom is -0.479 e. The van der Waals surface area contributed by atoms with Crippen molar-refractivity contribution in [3.63, 3.8) is 0 Å². The number of carbonyl (C=O) groups is 1. The van der Waals surface area contributed by atoms with E-state index in [9.17, 15) is 4.79 Å². The molecule has 0 aromatic rings. The topological polar surface area (TPSA) is 57.5 Å². The van der Waals surface area contributed by atoms with Gasteiger partial charge in [-0.2, -0.15) is 0 Å². The van der Waals surface area contributed by atoms with Crippen LogP contribution in [0.5, 0.6) is 0 Å². The summed E-state index contributed by atoms with van der Waals surface area (Å²) in [6.45, 7) is 1.20. The number of aliphatic carboxylic acids is 1. The molecule has 1 atom stereocenters. The SMILES string of the molecule is CC(O)C(=O)O.[Ta]. The summed E-state index contributed by atoms with van der Waals surface area (Å²) in [4.78, 5) is 9.45. The maximum absolute atomic E-state index is 9.45. The summed E-state index contributed by atoms with van der Waals surface area (Å²) in [5, 5.41) is 15.8. The number of carboxylic acids is 1. The van der Waals surface area contributed by atoms with Crippen LogP contribution in [-0.2, 0) is 27.2 Å². The molecule has 2 N–H and O–H groups in total. The number of hydrogen-bond acceptors (Lipinski definition) is 2. The Morgan fingerprint density at radius 3 is 1.86 bits per heavy atom. The van der Waals surface area contributed by atoms with E-state index in [0.29, 0.717) is 0 Å². The number of rotatable bonds is 1. The maximum atomic E-state index is 9.45. The molecule has 0 aliphatic heterocycles. The van der Waals surface area contributed by atoms with Gasteiger partial charge in [0.1, 0.15) is 6.10 Å². The van der Waals surface area contributed by atoms with Gasteiger partial charge < -0.3 is 10.2 Å². The molecule has 0 aromatic heterocycles. The van der Waals surface area contributed by atoms with Gasteiger partial charge in [-0.05, 0) is 6.92 Å². The zero-order valence-corrected chi connectivity index (χ0v) is 7.04. The molecular formula is C3H6O3Ta. The van der Waals surface area contributed by atoms with Gasteiger partial charge >= 0.3 is 5.97 Å². The molecule has 1 radical (unpaired) electrons. The number of hydrogen-bond donors (Lipinski definition) is 2. The zero-order chi connectivity index (χ0) is 5.15. The minimum absolute atomic E-state index is 0. The molecule has 0 aliphatic carbocycles. The second-order valence-corrected chi connectivity index (χ2v) is 1.01. The second kappa shape index (κ2) is 4.33. The summed E-state index contributed by atoms with van der Waals surface area (Å²) in [6, 6.07) is 0. The summed E-state index contributed by atoms with van der Waals surface area (Å²) < 4.78 is 0. The summed E-state index contributed by atoms with van der Waals surface area (Å²) in [5.41, 5.74) is 0. The predicted octanol–water partition coefficient (Wildman–Crippen LogP) is -0.551. The fourth-order valence-electron chi connectivity index (χ4n) is 0. The third-order valence-corrected chi connectivity index (χ3v) is 0.357. The average molecular weight is 271 g/mol. The second-order valence-electron chi connectivity index (χ2n) is 1.01. The van der Waals surface area contributed by atoms with Crippen LogP contribution >= 0.6 is 0 Å². The molecule has 0 spiro atoms. The van der Waals surface area contributed by atoms with Crippen LogP contribution in [0.4, 0.5) is 0 Å². The maximum Gasteiger partial charge on any atom is 0.332 e. The van der Waals surface area contributed by atoms with E-state index in [-0.39, 0.29) is 22.4 Å². The molecule has 0 rings (SSSR count). The molecule has 0 aromatic carbocycles. The van der Waals surface area contributed by atoms with Gasteiger partial charge in [-0.1, -0.05) is 0 Å². The average Bonchev–Trinajstić information content (AvgIpc) is 1.36. The molecule has 0 bridgehead atoms. The van der Waals surface area contributed by atoms with Crippen molar-refractivity contribution in [1.29, 1.82) is 0 Å². The van der Waals surface area contributed by atoms with Crippen molar-refractivity contribution >= 4 is 5.97 Å². The van der Waals surface area contributed by atoms with Crippen LogP contribution in [0.25, 0.3) is 0 Å². The van der Waals surface area contributed by atoms with Gasteiger partial charge in [0.25, 0.3) is 0 Å². The van der Waals surface area contributed by atoms with Crippen LogP contribution in [0.1, 0.15) is 6.92 Å². The predicted molar refractivity (Wildman–Crippen MR) is 19.3 cm³/mol. The Bertz CT molecular complexity index is 61.2. The van der Waals surface area contributed by atoms with Crippen LogP contribution in [0.15, 0.2) is 0 Å². The van der Waals surface area contributed by atoms with Crippen LogP contribution in [0.2, 0.25) is 0 Å². The third-order valence-electron chi connectivity index (χ3n) is 0.357. The Balaban J connectivity index is 0. The van der Waals surface area contributed by atoms with Gasteiger partial charge in [0.2, 0.25) is 0 Å². The molecule has 0 aliphatic rings. The fraction of sp³-hybridized carbons (Fsp3) is 0.667. The van der Waals surface area contributed by atoms with Gasteiger partial charge in [-0.15, -0.1) is 0 Å². The van der Waals surface area contributed by atoms with Crippen LogP contribution in [-0.4, -0.2) is 22.3 Å². The molecule has 0 saturated carbocycles. The molecule has 4 heteroatoms. The molecule has 0 heterocycles. The Hall–Kier alpha value is 0.170. The van der Waals surface area contributed by atoms with E-state index in [1.54, 1.807) is 0 Å². The third kappa shape index (κ3) is 6.17. The van der Waals surface area contributed by atoms with E-state index in [1.807, 2.05) is 0 Å². The van der Waals surface area contributed by atoms with Crippen molar-refractivity contribution in [2.24, 2.45) is 0 Å². The molecule has 0 fully saturated rings. The van der Waals surface area contributed by atoms with E-state index < -0.39 is 12.1 Å². The van der Waals surface area contributed by atoms with Crippen molar-refractivity contribution in [2.45, 2.75) is 13.0 Å². The first kappa shape index (κ1) is 10.2. The minimum atomic E-state index is -1.23. The number of aliphatic hydroxyl groups excluding tert-OH is 1. The molecule has 0 amide bonds. The largest absolute Gasteiger partial charge is 0.479 e. The Labute approximate surface area is 56.9 Å². The number of aliphatic hydroxyl groups is 1. The smallest absolute Gasteiger partial charge is 0.332 e. The molecule has 3 nitrogen and oxygen atoms in total. The molecule has 1 unspecified atom stereocenters. The zero-order valence-electron chi connectivity index (χ0n) is 3.83. The van der Waals surface area contributed by atoms with Gasteiger partial charge in [-0.25, -0.2) is 4.79 Å². The van der Waals surface area contributed by atoms with Gasteiger partial charge in [0.05, 0.1) is 0 Å². The van der Waals surface area contributed by atoms with Crippen molar-refractivity contribution in [3.8, 4) is 0 Å². The van der Waals surface area contributed by atoms with Gasteiger partial charge in [-0.3, -0.25) is 0 Å². The Morgan fingerprint density at radius 1 is 1.71 bits per heavy atom. The normalized spacial score (nSPS) is 11.7. The molecular weight excluding hydrogens is 265 g/mol. The fourth-order valence-corrected chi connectivity index (χ4v) is 0. The summed E-state index contributed by atoms with van der Waals surface area (Å²) in [6.07, 6.45) is -1.23. The van der Waals surface area contributed by atoms with Crippen LogP contribution in [0.3, 0.4) is 0 Å². The Kier molecular flexibility index (Phi) is 6.32. The molecule has 0 saturated heterocycles. The quantitative estimate of drug-likeness (QED) is 0.672. The van der Waals surface area contributed by atoms with Crippen molar-refractivity contribution in [1.82, 2.24) is 0 Å². The first-order valence-corrected chi connectivity index (χ1v) is 1.55. The first-order valence-electron chi connectivity index (χ1n) is 1.55. The van der Waals surface area contributed by atoms with Crippen LogP contribution < -0.4 is 0 Å². The monoisotopic (exact) mass is 271 g/mol.